The molecule has 0 aliphatic heterocycles. The minimum absolute atomic E-state index is 0.158. The second kappa shape index (κ2) is 5.62. The third-order valence-corrected chi connectivity index (χ3v) is 4.43. The molecule has 21 heavy (non-hydrogen) atoms. The number of aliphatic hydroxyl groups is 1. The van der Waals surface area contributed by atoms with E-state index in [4.69, 9.17) is 0 Å². The minimum Gasteiger partial charge on any atom is -0.390 e. The third kappa shape index (κ3) is 2.74. The molecule has 0 radical (unpaired) electrons. The average molecular weight is 346 g/mol. The largest absolute Gasteiger partial charge is 0.390 e. The zero-order valence-electron chi connectivity index (χ0n) is 11.6. The highest BCUT2D eigenvalue weighted by molar-refractivity contribution is 9.10. The average Bonchev–Trinajstić information content (AvgIpc) is 2.78. The van der Waals surface area contributed by atoms with Crippen LogP contribution in [0.2, 0.25) is 0 Å². The lowest BCUT2D eigenvalue weighted by molar-refractivity contribution is 0.0857. The van der Waals surface area contributed by atoms with Crippen LogP contribution in [-0.2, 0) is 6.42 Å². The first-order valence-electron chi connectivity index (χ1n) is 6.89. The fourth-order valence-electron chi connectivity index (χ4n) is 2.81. The molecule has 2 N–H and O–H groups in total. The second-order valence-electron chi connectivity index (χ2n) is 5.38. The molecule has 0 heterocycles. The van der Waals surface area contributed by atoms with Crippen molar-refractivity contribution in [2.45, 2.75) is 25.5 Å². The number of aliphatic hydroxyl groups excluding tert-OH is 1. The number of hydrogen-bond donors (Lipinski definition) is 2. The van der Waals surface area contributed by atoms with E-state index in [0.29, 0.717) is 12.0 Å². The monoisotopic (exact) mass is 345 g/mol. The Morgan fingerprint density at radius 3 is 2.86 bits per heavy atom. The maximum absolute atomic E-state index is 12.5. The molecule has 0 saturated heterocycles. The zero-order valence-corrected chi connectivity index (χ0v) is 13.2. The number of hydrogen-bond acceptors (Lipinski definition) is 2. The van der Waals surface area contributed by atoms with Crippen molar-refractivity contribution < 1.29 is 9.90 Å². The SMILES string of the molecule is Cc1ccc(Br)cc1C(=O)NC1c2ccccc2CC1O. The van der Waals surface area contributed by atoms with E-state index in [9.17, 15) is 9.90 Å². The molecule has 0 spiro atoms. The molecule has 108 valence electrons. The maximum atomic E-state index is 12.5. The predicted octanol–water partition coefficient (Wildman–Crippen LogP) is 3.15. The topological polar surface area (TPSA) is 49.3 Å². The summed E-state index contributed by atoms with van der Waals surface area (Å²) in [6, 6.07) is 13.1. The van der Waals surface area contributed by atoms with Gasteiger partial charge in [-0.1, -0.05) is 46.3 Å². The highest BCUT2D eigenvalue weighted by atomic mass is 79.9. The van der Waals surface area contributed by atoms with Crippen molar-refractivity contribution in [3.8, 4) is 0 Å². The molecule has 1 amide bonds. The van der Waals surface area contributed by atoms with E-state index in [-0.39, 0.29) is 11.9 Å². The molecule has 3 nitrogen and oxygen atoms in total. The second-order valence-corrected chi connectivity index (χ2v) is 6.30. The Bertz CT molecular complexity index is 699. The van der Waals surface area contributed by atoms with E-state index in [2.05, 4.69) is 21.2 Å². The van der Waals surface area contributed by atoms with Crippen molar-refractivity contribution in [3.05, 3.63) is 69.2 Å². The molecule has 2 aromatic carbocycles. The van der Waals surface area contributed by atoms with Crippen LogP contribution in [0.5, 0.6) is 0 Å². The first kappa shape index (κ1) is 14.3. The summed E-state index contributed by atoms with van der Waals surface area (Å²) in [5.74, 6) is -0.158. The number of fused-ring (bicyclic) bond motifs is 1. The van der Waals surface area contributed by atoms with Crippen molar-refractivity contribution in [2.75, 3.05) is 0 Å². The van der Waals surface area contributed by atoms with Gasteiger partial charge >= 0.3 is 0 Å². The Morgan fingerprint density at radius 1 is 1.29 bits per heavy atom. The molecule has 2 aromatic rings. The summed E-state index contributed by atoms with van der Waals surface area (Å²) in [6.45, 7) is 1.90. The van der Waals surface area contributed by atoms with E-state index in [1.165, 1.54) is 0 Å². The van der Waals surface area contributed by atoms with Crippen molar-refractivity contribution >= 4 is 21.8 Å². The van der Waals surface area contributed by atoms with Crippen molar-refractivity contribution in [1.29, 1.82) is 0 Å². The van der Waals surface area contributed by atoms with Crippen LogP contribution in [0.3, 0.4) is 0 Å². The molecule has 4 heteroatoms. The lowest BCUT2D eigenvalue weighted by Gasteiger charge is -2.18. The summed E-state index contributed by atoms with van der Waals surface area (Å²) >= 11 is 3.39. The van der Waals surface area contributed by atoms with Gasteiger partial charge in [-0.25, -0.2) is 0 Å². The van der Waals surface area contributed by atoms with Crippen LogP contribution in [0.4, 0.5) is 0 Å². The van der Waals surface area contributed by atoms with Crippen molar-refractivity contribution in [3.63, 3.8) is 0 Å². The van der Waals surface area contributed by atoms with Crippen LogP contribution in [0.1, 0.15) is 33.1 Å². The van der Waals surface area contributed by atoms with Gasteiger partial charge in [-0.2, -0.15) is 0 Å². The standard InChI is InChI=1S/C17H16BrNO2/c1-10-6-7-12(18)9-14(10)17(21)19-16-13-5-3-2-4-11(13)8-15(16)20/h2-7,9,15-16,20H,8H2,1H3,(H,19,21). The molecular weight excluding hydrogens is 330 g/mol. The number of carbonyl (C=O) groups is 1. The van der Waals surface area contributed by atoms with Gasteiger partial charge < -0.3 is 10.4 Å². The molecule has 0 bridgehead atoms. The van der Waals surface area contributed by atoms with E-state index >= 15 is 0 Å². The third-order valence-electron chi connectivity index (χ3n) is 3.93. The van der Waals surface area contributed by atoms with Crippen molar-refractivity contribution in [1.82, 2.24) is 5.32 Å². The highest BCUT2D eigenvalue weighted by Crippen LogP contribution is 2.31. The molecule has 0 aromatic heterocycles. The van der Waals surface area contributed by atoms with Crippen LogP contribution in [-0.4, -0.2) is 17.1 Å². The number of carbonyl (C=O) groups excluding carboxylic acids is 1. The van der Waals surface area contributed by atoms with Gasteiger partial charge in [-0.15, -0.1) is 0 Å². The van der Waals surface area contributed by atoms with E-state index in [1.807, 2.05) is 43.3 Å². The van der Waals surface area contributed by atoms with Crippen LogP contribution in [0.15, 0.2) is 46.9 Å². The zero-order chi connectivity index (χ0) is 15.0. The number of aryl methyl sites for hydroxylation is 1. The van der Waals surface area contributed by atoms with Crippen LogP contribution in [0.25, 0.3) is 0 Å². The first-order valence-corrected chi connectivity index (χ1v) is 7.68. The van der Waals surface area contributed by atoms with Gasteiger partial charge in [-0.05, 0) is 35.7 Å². The van der Waals surface area contributed by atoms with E-state index < -0.39 is 6.10 Å². The van der Waals surface area contributed by atoms with Gasteiger partial charge in [0.25, 0.3) is 5.91 Å². The summed E-state index contributed by atoms with van der Waals surface area (Å²) in [5, 5.41) is 13.2. The van der Waals surface area contributed by atoms with Gasteiger partial charge in [0.2, 0.25) is 0 Å². The predicted molar refractivity (Wildman–Crippen MR) is 85.2 cm³/mol. The molecule has 1 aliphatic rings. The van der Waals surface area contributed by atoms with Crippen LogP contribution >= 0.6 is 15.9 Å². The number of nitrogens with one attached hydrogen (secondary N) is 1. The summed E-state index contributed by atoms with van der Waals surface area (Å²) in [5.41, 5.74) is 3.64. The van der Waals surface area contributed by atoms with Crippen LogP contribution in [0, 0.1) is 6.92 Å². The Kier molecular flexibility index (Phi) is 3.83. The summed E-state index contributed by atoms with van der Waals surface area (Å²) in [7, 11) is 0. The minimum atomic E-state index is -0.571. The summed E-state index contributed by atoms with van der Waals surface area (Å²) in [4.78, 5) is 12.5. The Morgan fingerprint density at radius 2 is 2.05 bits per heavy atom. The quantitative estimate of drug-likeness (QED) is 0.878. The van der Waals surface area contributed by atoms with Gasteiger partial charge in [0.05, 0.1) is 12.1 Å². The molecule has 3 rings (SSSR count). The fraction of sp³-hybridized carbons (Fsp3) is 0.235. The molecule has 0 fully saturated rings. The van der Waals surface area contributed by atoms with Gasteiger partial charge in [0, 0.05) is 16.5 Å². The van der Waals surface area contributed by atoms with E-state index in [1.54, 1.807) is 6.07 Å². The van der Waals surface area contributed by atoms with E-state index in [0.717, 1.165) is 21.2 Å². The molecule has 1 aliphatic carbocycles. The molecular formula is C17H16BrNO2. The molecule has 2 unspecified atom stereocenters. The number of rotatable bonds is 2. The van der Waals surface area contributed by atoms with Crippen LogP contribution < -0.4 is 5.32 Å². The normalized spacial score (nSPS) is 20.1. The summed E-state index contributed by atoms with van der Waals surface area (Å²) < 4.78 is 0.866. The highest BCUT2D eigenvalue weighted by Gasteiger charge is 2.32. The molecule has 2 atom stereocenters. The first-order chi connectivity index (χ1) is 10.1. The Balaban J connectivity index is 1.87. The van der Waals surface area contributed by atoms with Gasteiger partial charge in [0.1, 0.15) is 0 Å². The lowest BCUT2D eigenvalue weighted by Crippen LogP contribution is -2.34. The van der Waals surface area contributed by atoms with Gasteiger partial charge in [-0.3, -0.25) is 4.79 Å². The lowest BCUT2D eigenvalue weighted by atomic mass is 10.1. The number of benzene rings is 2. The van der Waals surface area contributed by atoms with Crippen molar-refractivity contribution in [2.24, 2.45) is 0 Å². The Labute approximate surface area is 132 Å². The fourth-order valence-corrected chi connectivity index (χ4v) is 3.17. The number of halogens is 1. The maximum Gasteiger partial charge on any atom is 0.252 e. The Hall–Kier alpha value is -1.65. The number of amides is 1. The smallest absolute Gasteiger partial charge is 0.252 e. The van der Waals surface area contributed by atoms with Gasteiger partial charge in [0.15, 0.2) is 0 Å². The molecule has 0 saturated carbocycles. The summed E-state index contributed by atoms with van der Waals surface area (Å²) in [6.07, 6.45) is 0.0114.